The van der Waals surface area contributed by atoms with Crippen LogP contribution in [0.3, 0.4) is 0 Å². The molecule has 2 heterocycles. The van der Waals surface area contributed by atoms with Crippen molar-refractivity contribution < 1.29 is 14.6 Å². The van der Waals surface area contributed by atoms with E-state index < -0.39 is 6.29 Å². The number of aliphatic hydroxyl groups is 1. The molecular formula is C28H31N5O3S. The summed E-state index contributed by atoms with van der Waals surface area (Å²) >= 11 is 1.57. The number of rotatable bonds is 8. The van der Waals surface area contributed by atoms with Crippen molar-refractivity contribution >= 4 is 11.8 Å². The minimum Gasteiger partial charge on any atom is -0.392 e. The van der Waals surface area contributed by atoms with Crippen LogP contribution in [0.4, 0.5) is 0 Å². The van der Waals surface area contributed by atoms with Gasteiger partial charge in [-0.3, -0.25) is 0 Å². The largest absolute Gasteiger partial charge is 0.392 e. The Morgan fingerprint density at radius 1 is 0.973 bits per heavy atom. The number of aryl methyl sites for hydroxylation is 1. The van der Waals surface area contributed by atoms with Gasteiger partial charge in [-0.05, 0) is 38.2 Å². The Labute approximate surface area is 220 Å². The fourth-order valence-corrected chi connectivity index (χ4v) is 5.62. The lowest BCUT2D eigenvalue weighted by Crippen LogP contribution is -2.38. The molecule has 3 N–H and O–H groups in total. The molecule has 1 fully saturated rings. The average Bonchev–Trinajstić information content (AvgIpc) is 3.37. The van der Waals surface area contributed by atoms with E-state index in [4.69, 9.17) is 15.2 Å². The van der Waals surface area contributed by atoms with Crippen LogP contribution in [0.1, 0.15) is 41.6 Å². The van der Waals surface area contributed by atoms with Gasteiger partial charge in [-0.15, -0.1) is 5.10 Å². The smallest absolute Gasteiger partial charge is 0.209 e. The summed E-state index contributed by atoms with van der Waals surface area (Å²) < 4.78 is 14.8. The normalized spacial score (nSPS) is 21.7. The third-order valence-electron chi connectivity index (χ3n) is 6.81. The highest BCUT2D eigenvalue weighted by Gasteiger charge is 2.38. The molecule has 0 bridgehead atoms. The van der Waals surface area contributed by atoms with E-state index in [0.717, 1.165) is 38.5 Å². The van der Waals surface area contributed by atoms with Crippen LogP contribution in [-0.4, -0.2) is 37.2 Å². The van der Waals surface area contributed by atoms with Crippen LogP contribution in [0.25, 0.3) is 11.1 Å². The zero-order chi connectivity index (χ0) is 25.8. The molecule has 192 valence electrons. The molecule has 8 nitrogen and oxygen atoms in total. The first kappa shape index (κ1) is 25.6. The summed E-state index contributed by atoms with van der Waals surface area (Å²) in [6, 6.07) is 24.4. The molecular weight excluding hydrogens is 486 g/mol. The lowest BCUT2D eigenvalue weighted by atomic mass is 9.91. The predicted molar refractivity (Wildman–Crippen MR) is 142 cm³/mol. The van der Waals surface area contributed by atoms with Crippen molar-refractivity contribution in [2.24, 2.45) is 18.7 Å². The number of nitrogens with zero attached hydrogens (tertiary/aromatic N) is 4. The minimum absolute atomic E-state index is 0.0116. The van der Waals surface area contributed by atoms with Gasteiger partial charge in [0.15, 0.2) is 6.29 Å². The van der Waals surface area contributed by atoms with Crippen LogP contribution < -0.4 is 5.73 Å². The Morgan fingerprint density at radius 2 is 1.70 bits per heavy atom. The standard InChI is InChI=1S/C28H31N5O3S/c1-18-25(17-37-28-30-31-32-33(28)2)35-27(36-26(18)21-9-7-19(16-34)8-10-21)22-13-11-20(12-14-22)24-6-4-3-5-23(24)15-29/h3-14,18,25-27,34H,15-17,29H2,1-2H3/t18-,25+,26+,27+/m1/s1. The Morgan fingerprint density at radius 3 is 2.38 bits per heavy atom. The summed E-state index contributed by atoms with van der Waals surface area (Å²) in [6.07, 6.45) is -0.797. The molecule has 0 aliphatic carbocycles. The number of nitrogens with two attached hydrogens (primary N) is 1. The predicted octanol–water partition coefficient (Wildman–Crippen LogP) is 4.41. The molecule has 1 aliphatic heterocycles. The van der Waals surface area contributed by atoms with Gasteiger partial charge in [0, 0.05) is 30.8 Å². The van der Waals surface area contributed by atoms with Gasteiger partial charge in [-0.1, -0.05) is 91.5 Å². The first-order valence-electron chi connectivity index (χ1n) is 12.3. The van der Waals surface area contributed by atoms with Crippen molar-refractivity contribution in [2.45, 2.75) is 43.7 Å². The van der Waals surface area contributed by atoms with E-state index in [0.29, 0.717) is 12.3 Å². The van der Waals surface area contributed by atoms with Crippen LogP contribution in [0.15, 0.2) is 78.0 Å². The summed E-state index contributed by atoms with van der Waals surface area (Å²) in [5.41, 5.74) is 12.2. The number of ether oxygens (including phenoxy) is 2. The van der Waals surface area contributed by atoms with Crippen LogP contribution in [0, 0.1) is 5.92 Å². The van der Waals surface area contributed by atoms with Crippen molar-refractivity contribution in [3.05, 3.63) is 95.1 Å². The van der Waals surface area contributed by atoms with E-state index in [2.05, 4.69) is 58.8 Å². The van der Waals surface area contributed by atoms with Crippen LogP contribution in [0.2, 0.25) is 0 Å². The maximum absolute atomic E-state index is 9.47. The van der Waals surface area contributed by atoms with Gasteiger partial charge in [0.25, 0.3) is 0 Å². The maximum Gasteiger partial charge on any atom is 0.209 e. The van der Waals surface area contributed by atoms with Crippen molar-refractivity contribution in [1.82, 2.24) is 20.2 Å². The highest BCUT2D eigenvalue weighted by Crippen LogP contribution is 2.43. The molecule has 1 aromatic heterocycles. The number of thioether (sulfide) groups is 1. The van der Waals surface area contributed by atoms with E-state index in [1.165, 1.54) is 0 Å². The SMILES string of the molecule is C[C@@H]1[C@H](CSc2nnnn2C)O[C@H](c2ccc(-c3ccccc3CN)cc2)O[C@@H]1c1ccc(CO)cc1. The number of benzene rings is 3. The molecule has 0 radical (unpaired) electrons. The Balaban J connectivity index is 1.41. The molecule has 0 spiro atoms. The summed E-state index contributed by atoms with van der Waals surface area (Å²) in [6.45, 7) is 2.65. The number of aromatic nitrogens is 4. The lowest BCUT2D eigenvalue weighted by Gasteiger charge is -2.41. The van der Waals surface area contributed by atoms with E-state index >= 15 is 0 Å². The molecule has 9 heteroatoms. The molecule has 1 saturated heterocycles. The molecule has 4 atom stereocenters. The van der Waals surface area contributed by atoms with Gasteiger partial charge in [0.05, 0.1) is 18.8 Å². The monoisotopic (exact) mass is 517 g/mol. The second-order valence-electron chi connectivity index (χ2n) is 9.20. The van der Waals surface area contributed by atoms with Crippen molar-refractivity contribution in [3.63, 3.8) is 0 Å². The summed E-state index contributed by atoms with van der Waals surface area (Å²) in [7, 11) is 1.83. The topological polar surface area (TPSA) is 108 Å². The first-order chi connectivity index (χ1) is 18.1. The molecule has 0 saturated carbocycles. The van der Waals surface area contributed by atoms with Crippen LogP contribution in [0.5, 0.6) is 0 Å². The van der Waals surface area contributed by atoms with E-state index in [1.54, 1.807) is 16.4 Å². The van der Waals surface area contributed by atoms with Gasteiger partial charge in [0.1, 0.15) is 0 Å². The van der Waals surface area contributed by atoms with E-state index in [-0.39, 0.29) is 24.7 Å². The molecule has 1 aliphatic rings. The quantitative estimate of drug-likeness (QED) is 0.331. The van der Waals surface area contributed by atoms with Gasteiger partial charge in [0.2, 0.25) is 5.16 Å². The highest BCUT2D eigenvalue weighted by molar-refractivity contribution is 7.99. The molecule has 5 rings (SSSR count). The van der Waals surface area contributed by atoms with E-state index in [1.807, 2.05) is 43.4 Å². The van der Waals surface area contributed by atoms with Gasteiger partial charge >= 0.3 is 0 Å². The second-order valence-corrected chi connectivity index (χ2v) is 10.2. The summed E-state index contributed by atoms with van der Waals surface area (Å²) in [5.74, 6) is 0.767. The summed E-state index contributed by atoms with van der Waals surface area (Å²) in [5, 5.41) is 22.0. The van der Waals surface area contributed by atoms with Gasteiger partial charge in [-0.25, -0.2) is 4.68 Å². The van der Waals surface area contributed by atoms with Crippen LogP contribution >= 0.6 is 11.8 Å². The lowest BCUT2D eigenvalue weighted by molar-refractivity contribution is -0.268. The Kier molecular flexibility index (Phi) is 7.97. The average molecular weight is 518 g/mol. The highest BCUT2D eigenvalue weighted by atomic mass is 32.2. The zero-order valence-electron chi connectivity index (χ0n) is 20.9. The Bertz CT molecular complexity index is 1310. The fraction of sp³-hybridized carbons (Fsp3) is 0.321. The first-order valence-corrected chi connectivity index (χ1v) is 13.3. The number of tetrazole rings is 1. The zero-order valence-corrected chi connectivity index (χ0v) is 21.7. The van der Waals surface area contributed by atoms with Crippen molar-refractivity contribution in [2.75, 3.05) is 5.75 Å². The third kappa shape index (κ3) is 5.61. The Hall–Kier alpha value is -3.08. The molecule has 0 amide bonds. The molecule has 37 heavy (non-hydrogen) atoms. The number of hydrogen-bond donors (Lipinski definition) is 2. The van der Waals surface area contributed by atoms with Crippen molar-refractivity contribution in [1.29, 1.82) is 0 Å². The number of aliphatic hydroxyl groups excluding tert-OH is 1. The fourth-order valence-electron chi connectivity index (χ4n) is 4.61. The van der Waals surface area contributed by atoms with Crippen LogP contribution in [-0.2, 0) is 29.7 Å². The van der Waals surface area contributed by atoms with Gasteiger partial charge in [-0.2, -0.15) is 0 Å². The maximum atomic E-state index is 9.47. The minimum atomic E-state index is -0.527. The molecule has 0 unspecified atom stereocenters. The third-order valence-corrected chi connectivity index (χ3v) is 7.91. The van der Waals surface area contributed by atoms with E-state index in [9.17, 15) is 5.11 Å². The second kappa shape index (κ2) is 11.5. The van der Waals surface area contributed by atoms with Gasteiger partial charge < -0.3 is 20.3 Å². The number of hydrogen-bond acceptors (Lipinski definition) is 8. The molecule has 4 aromatic rings. The van der Waals surface area contributed by atoms with Crippen molar-refractivity contribution in [3.8, 4) is 11.1 Å². The summed E-state index contributed by atoms with van der Waals surface area (Å²) in [4.78, 5) is 0. The molecule has 3 aromatic carbocycles.